The van der Waals surface area contributed by atoms with Crippen LogP contribution >= 0.6 is 24.8 Å². The van der Waals surface area contributed by atoms with Gasteiger partial charge in [0.05, 0.1) is 0 Å². The van der Waals surface area contributed by atoms with E-state index in [1.165, 1.54) is 6.07 Å². The molecule has 1 fully saturated rings. The van der Waals surface area contributed by atoms with Crippen LogP contribution in [0.5, 0.6) is 11.5 Å². The molecule has 0 bridgehead atoms. The van der Waals surface area contributed by atoms with E-state index in [4.69, 9.17) is 0 Å². The molecule has 0 aromatic heterocycles. The third-order valence-electron chi connectivity index (χ3n) is 3.66. The van der Waals surface area contributed by atoms with Crippen LogP contribution in [0, 0.1) is 5.92 Å². The summed E-state index contributed by atoms with van der Waals surface area (Å²) in [5.74, 6) is 1.04. The highest BCUT2D eigenvalue weighted by Crippen LogP contribution is 2.35. The number of piperazine rings is 1. The molecule has 2 rings (SSSR count). The van der Waals surface area contributed by atoms with Crippen molar-refractivity contribution in [3.63, 3.8) is 0 Å². The second kappa shape index (κ2) is 9.36. The van der Waals surface area contributed by atoms with Gasteiger partial charge in [-0.2, -0.15) is 0 Å². The summed E-state index contributed by atoms with van der Waals surface area (Å²) in [6, 6.07) is 4.99. The van der Waals surface area contributed by atoms with Crippen LogP contribution in [-0.4, -0.2) is 41.3 Å². The quantitative estimate of drug-likeness (QED) is 0.740. The molecule has 0 amide bonds. The van der Waals surface area contributed by atoms with E-state index in [9.17, 15) is 10.2 Å². The normalized spacial score (nSPS) is 16.9. The Morgan fingerprint density at radius 2 is 1.76 bits per heavy atom. The van der Waals surface area contributed by atoms with Crippen molar-refractivity contribution < 1.29 is 10.2 Å². The molecule has 1 heterocycles. The van der Waals surface area contributed by atoms with Crippen LogP contribution in [0.4, 0.5) is 0 Å². The van der Waals surface area contributed by atoms with Crippen molar-refractivity contribution in [1.82, 2.24) is 10.2 Å². The minimum atomic E-state index is 0. The summed E-state index contributed by atoms with van der Waals surface area (Å²) >= 11 is 0. The molecular weight excluding hydrogens is 311 g/mol. The number of nitrogens with zero attached hydrogens (tertiary/aromatic N) is 1. The molecule has 1 aliphatic rings. The summed E-state index contributed by atoms with van der Waals surface area (Å²) in [6.45, 7) is 8.30. The van der Waals surface area contributed by atoms with Crippen LogP contribution in [0.25, 0.3) is 0 Å². The van der Waals surface area contributed by atoms with Gasteiger partial charge in [0.1, 0.15) is 11.5 Å². The summed E-state index contributed by atoms with van der Waals surface area (Å²) in [4.78, 5) is 2.39. The van der Waals surface area contributed by atoms with Crippen LogP contribution in [0.3, 0.4) is 0 Å². The van der Waals surface area contributed by atoms with Crippen molar-refractivity contribution in [3.05, 3.63) is 23.8 Å². The Hall–Kier alpha value is -0.680. The van der Waals surface area contributed by atoms with Gasteiger partial charge in [-0.1, -0.05) is 13.8 Å². The highest BCUT2D eigenvalue weighted by atomic mass is 35.5. The van der Waals surface area contributed by atoms with Crippen LogP contribution in [0.15, 0.2) is 18.2 Å². The Bertz CT molecular complexity index is 424. The summed E-state index contributed by atoms with van der Waals surface area (Å²) < 4.78 is 0. The first-order valence-electron chi connectivity index (χ1n) is 7.04. The fraction of sp³-hybridized carbons (Fsp3) is 0.600. The van der Waals surface area contributed by atoms with Gasteiger partial charge in [0.25, 0.3) is 0 Å². The van der Waals surface area contributed by atoms with Gasteiger partial charge >= 0.3 is 0 Å². The maximum absolute atomic E-state index is 10.1. The van der Waals surface area contributed by atoms with Crippen LogP contribution in [-0.2, 0) is 0 Å². The first kappa shape index (κ1) is 20.3. The van der Waals surface area contributed by atoms with Gasteiger partial charge in [-0.15, -0.1) is 24.8 Å². The Morgan fingerprint density at radius 1 is 1.14 bits per heavy atom. The van der Waals surface area contributed by atoms with E-state index < -0.39 is 0 Å². The zero-order valence-electron chi connectivity index (χ0n) is 12.6. The maximum Gasteiger partial charge on any atom is 0.120 e. The Morgan fingerprint density at radius 3 is 2.33 bits per heavy atom. The maximum atomic E-state index is 10.1. The smallest absolute Gasteiger partial charge is 0.120 e. The lowest BCUT2D eigenvalue weighted by molar-refractivity contribution is 0.151. The topological polar surface area (TPSA) is 55.7 Å². The number of hydrogen-bond acceptors (Lipinski definition) is 4. The van der Waals surface area contributed by atoms with Crippen molar-refractivity contribution in [2.75, 3.05) is 26.2 Å². The second-order valence-electron chi connectivity index (χ2n) is 5.67. The number of halogens is 2. The number of benzene rings is 1. The lowest BCUT2D eigenvalue weighted by Crippen LogP contribution is -2.45. The van der Waals surface area contributed by atoms with Crippen molar-refractivity contribution in [2.45, 2.75) is 26.3 Å². The molecule has 21 heavy (non-hydrogen) atoms. The van der Waals surface area contributed by atoms with Gasteiger partial charge in [-0.25, -0.2) is 0 Å². The predicted octanol–water partition coefficient (Wildman–Crippen LogP) is 2.93. The monoisotopic (exact) mass is 336 g/mol. The fourth-order valence-corrected chi connectivity index (χ4v) is 2.72. The molecule has 6 heteroatoms. The number of phenolic OH excluding ortho intramolecular Hbond substituents is 2. The zero-order valence-corrected chi connectivity index (χ0v) is 14.2. The van der Waals surface area contributed by atoms with Crippen molar-refractivity contribution in [1.29, 1.82) is 0 Å². The third kappa shape index (κ3) is 5.55. The van der Waals surface area contributed by atoms with E-state index in [1.807, 2.05) is 0 Å². The molecule has 1 aromatic carbocycles. The molecule has 1 atom stereocenters. The second-order valence-corrected chi connectivity index (χ2v) is 5.67. The van der Waals surface area contributed by atoms with Gasteiger partial charge in [-0.05, 0) is 30.5 Å². The SMILES string of the molecule is CC(C)C[C@@H](c1cc(O)ccc1O)N1CCNCC1.Cl.Cl. The molecular formula is C15H26Cl2N2O2. The lowest BCUT2D eigenvalue weighted by atomic mass is 9.94. The Balaban J connectivity index is 0.00000200. The largest absolute Gasteiger partial charge is 0.508 e. The molecule has 122 valence electrons. The van der Waals surface area contributed by atoms with Crippen molar-refractivity contribution in [3.8, 4) is 11.5 Å². The van der Waals surface area contributed by atoms with Gasteiger partial charge in [0, 0.05) is 37.8 Å². The van der Waals surface area contributed by atoms with Gasteiger partial charge in [0.15, 0.2) is 0 Å². The van der Waals surface area contributed by atoms with E-state index in [0.717, 1.165) is 38.2 Å². The summed E-state index contributed by atoms with van der Waals surface area (Å²) in [5, 5.41) is 23.1. The van der Waals surface area contributed by atoms with Crippen LogP contribution in [0.2, 0.25) is 0 Å². The molecule has 4 nitrogen and oxygen atoms in total. The molecule has 0 radical (unpaired) electrons. The number of nitrogens with one attached hydrogen (secondary N) is 1. The molecule has 0 spiro atoms. The molecule has 0 saturated carbocycles. The van der Waals surface area contributed by atoms with E-state index in [-0.39, 0.29) is 42.4 Å². The van der Waals surface area contributed by atoms with E-state index in [2.05, 4.69) is 24.1 Å². The van der Waals surface area contributed by atoms with Crippen molar-refractivity contribution in [2.24, 2.45) is 5.92 Å². The van der Waals surface area contributed by atoms with Gasteiger partial charge in [-0.3, -0.25) is 4.90 Å². The third-order valence-corrected chi connectivity index (χ3v) is 3.66. The Kier molecular flexibility index (Phi) is 9.06. The average Bonchev–Trinajstić information content (AvgIpc) is 2.40. The molecule has 1 saturated heterocycles. The average molecular weight is 337 g/mol. The number of phenols is 2. The highest BCUT2D eigenvalue weighted by molar-refractivity contribution is 5.85. The number of hydrogen-bond donors (Lipinski definition) is 3. The predicted molar refractivity (Wildman–Crippen MR) is 90.9 cm³/mol. The fourth-order valence-electron chi connectivity index (χ4n) is 2.72. The lowest BCUT2D eigenvalue weighted by Gasteiger charge is -2.36. The summed E-state index contributed by atoms with van der Waals surface area (Å²) in [5.41, 5.74) is 0.843. The first-order chi connectivity index (χ1) is 9.08. The van der Waals surface area contributed by atoms with E-state index in [0.29, 0.717) is 5.92 Å². The van der Waals surface area contributed by atoms with Crippen LogP contribution in [0.1, 0.15) is 31.9 Å². The minimum Gasteiger partial charge on any atom is -0.508 e. The van der Waals surface area contributed by atoms with E-state index in [1.54, 1.807) is 12.1 Å². The molecule has 1 aliphatic heterocycles. The molecule has 3 N–H and O–H groups in total. The number of rotatable bonds is 4. The van der Waals surface area contributed by atoms with E-state index >= 15 is 0 Å². The highest BCUT2D eigenvalue weighted by Gasteiger charge is 2.25. The molecule has 1 aromatic rings. The summed E-state index contributed by atoms with van der Waals surface area (Å²) in [7, 11) is 0. The van der Waals surface area contributed by atoms with Gasteiger partial charge < -0.3 is 15.5 Å². The Labute approximate surface area is 139 Å². The zero-order chi connectivity index (χ0) is 13.8. The van der Waals surface area contributed by atoms with Crippen LogP contribution < -0.4 is 5.32 Å². The molecule has 0 unspecified atom stereocenters. The number of aromatic hydroxyl groups is 2. The molecule has 0 aliphatic carbocycles. The minimum absolute atomic E-state index is 0. The standard InChI is InChI=1S/C15H24N2O2.2ClH/c1-11(2)9-14(17-7-5-16-6-8-17)13-10-12(18)3-4-15(13)19;;/h3-4,10-11,14,16,18-19H,5-9H2,1-2H3;2*1H/t14-;;/m0../s1. The van der Waals surface area contributed by atoms with Gasteiger partial charge in [0.2, 0.25) is 0 Å². The first-order valence-corrected chi connectivity index (χ1v) is 7.04. The summed E-state index contributed by atoms with van der Waals surface area (Å²) in [6.07, 6.45) is 0.983. The van der Waals surface area contributed by atoms with Crippen molar-refractivity contribution >= 4 is 24.8 Å².